The second kappa shape index (κ2) is 7.43. The summed E-state index contributed by atoms with van der Waals surface area (Å²) < 4.78 is 0. The Hall–Kier alpha value is -2.84. The molecule has 1 aromatic rings. The quantitative estimate of drug-likeness (QED) is 0.258. The molecule has 2 rings (SSSR count). The summed E-state index contributed by atoms with van der Waals surface area (Å²) in [4.78, 5) is 26.8. The van der Waals surface area contributed by atoms with Gasteiger partial charge in [0.2, 0.25) is 5.91 Å². The van der Waals surface area contributed by atoms with Crippen LogP contribution in [0.1, 0.15) is 6.42 Å². The lowest BCUT2D eigenvalue weighted by Gasteiger charge is -2.20. The van der Waals surface area contributed by atoms with Gasteiger partial charge in [-0.25, -0.2) is 0 Å². The molecule has 10 heteroatoms. The van der Waals surface area contributed by atoms with Crippen LogP contribution in [0.3, 0.4) is 0 Å². The average Bonchev–Trinajstić information content (AvgIpc) is 2.91. The van der Waals surface area contributed by atoms with Crippen molar-refractivity contribution in [2.45, 2.75) is 6.42 Å². The maximum Gasteiger partial charge on any atom is 0.271 e. The van der Waals surface area contributed by atoms with Crippen molar-refractivity contribution in [3.8, 4) is 0 Å². The minimum absolute atomic E-state index is 0.107. The molecule has 1 amide bonds. The van der Waals surface area contributed by atoms with Crippen LogP contribution in [0.15, 0.2) is 23.3 Å². The molecule has 1 unspecified atom stereocenters. The zero-order valence-corrected chi connectivity index (χ0v) is 12.3. The van der Waals surface area contributed by atoms with Crippen LogP contribution in [0.4, 0.5) is 17.1 Å². The average molecular weight is 320 g/mol. The van der Waals surface area contributed by atoms with Gasteiger partial charge >= 0.3 is 0 Å². The molecule has 1 atom stereocenters. The summed E-state index contributed by atoms with van der Waals surface area (Å²) in [5, 5.41) is 26.3. The van der Waals surface area contributed by atoms with Crippen LogP contribution in [-0.4, -0.2) is 42.2 Å². The van der Waals surface area contributed by atoms with Crippen LogP contribution in [-0.2, 0) is 4.79 Å². The van der Waals surface area contributed by atoms with Gasteiger partial charge in [-0.05, 0) is 17.5 Å². The van der Waals surface area contributed by atoms with Gasteiger partial charge in [-0.15, -0.1) is 0 Å². The molecule has 0 saturated carbocycles. The number of anilines is 2. The Kier molecular flexibility index (Phi) is 5.34. The van der Waals surface area contributed by atoms with Gasteiger partial charge in [0.25, 0.3) is 5.69 Å². The van der Waals surface area contributed by atoms with Gasteiger partial charge in [-0.3, -0.25) is 14.9 Å². The number of nitro groups is 1. The molecule has 2 N–H and O–H groups in total. The number of hydrogen-bond donors (Lipinski definition) is 2. The molecule has 0 aliphatic carbocycles. The molecule has 1 heterocycles. The fourth-order valence-corrected chi connectivity index (χ4v) is 2.49. The van der Waals surface area contributed by atoms with Crippen molar-refractivity contribution in [1.29, 1.82) is 0 Å². The predicted octanol–water partition coefficient (Wildman–Crippen LogP) is 1.66. The summed E-state index contributed by atoms with van der Waals surface area (Å²) in [5.74, 6) is -0.306. The standard InChI is InChI=1S/C13H16N6O4/c14-17-16-7-9-5-13(21)18(8-9)12-6-10(19(22)23)1-2-11(12)15-3-4-20/h1-2,6,9,15,20H,3-5,7-8H2. The van der Waals surface area contributed by atoms with Crippen LogP contribution < -0.4 is 10.2 Å². The molecule has 10 nitrogen and oxygen atoms in total. The van der Waals surface area contributed by atoms with Crippen LogP contribution in [0.25, 0.3) is 10.4 Å². The topological polar surface area (TPSA) is 144 Å². The summed E-state index contributed by atoms with van der Waals surface area (Å²) in [7, 11) is 0. The third-order valence-corrected chi connectivity index (χ3v) is 3.52. The second-order valence-electron chi connectivity index (χ2n) is 5.10. The maximum atomic E-state index is 12.2. The van der Waals surface area contributed by atoms with Gasteiger partial charge in [0.05, 0.1) is 22.9 Å². The van der Waals surface area contributed by atoms with E-state index in [1.165, 1.54) is 23.1 Å². The lowest BCUT2D eigenvalue weighted by Crippen LogP contribution is -2.26. The molecule has 1 fully saturated rings. The Balaban J connectivity index is 2.31. The van der Waals surface area contributed by atoms with Crippen LogP contribution in [0.2, 0.25) is 0 Å². The Morgan fingerprint density at radius 1 is 1.57 bits per heavy atom. The number of carbonyl (C=O) groups is 1. The number of amides is 1. The first-order chi connectivity index (χ1) is 11.1. The minimum Gasteiger partial charge on any atom is -0.395 e. The molecular weight excluding hydrogens is 304 g/mol. The number of azide groups is 1. The van der Waals surface area contributed by atoms with Crippen LogP contribution in [0.5, 0.6) is 0 Å². The number of aliphatic hydroxyl groups is 1. The monoisotopic (exact) mass is 320 g/mol. The Morgan fingerprint density at radius 3 is 3.00 bits per heavy atom. The van der Waals surface area contributed by atoms with E-state index in [0.29, 0.717) is 17.9 Å². The van der Waals surface area contributed by atoms with Crippen molar-refractivity contribution in [1.82, 2.24) is 0 Å². The van der Waals surface area contributed by atoms with E-state index in [4.69, 9.17) is 10.6 Å². The summed E-state index contributed by atoms with van der Waals surface area (Å²) in [5.41, 5.74) is 9.16. The number of nitrogens with one attached hydrogen (secondary N) is 1. The largest absolute Gasteiger partial charge is 0.395 e. The number of benzene rings is 1. The van der Waals surface area contributed by atoms with Gasteiger partial charge in [-0.2, -0.15) is 0 Å². The van der Waals surface area contributed by atoms with Crippen molar-refractivity contribution in [3.63, 3.8) is 0 Å². The molecular formula is C13H16N6O4. The van der Waals surface area contributed by atoms with Crippen molar-refractivity contribution in [2.75, 3.05) is 36.5 Å². The summed E-state index contributed by atoms with van der Waals surface area (Å²) >= 11 is 0. The fraction of sp³-hybridized carbons (Fsp3) is 0.462. The molecule has 0 spiro atoms. The number of non-ortho nitro benzene ring substituents is 1. The number of aliphatic hydroxyl groups excluding tert-OH is 1. The molecule has 0 radical (unpaired) electrons. The molecule has 1 aromatic carbocycles. The van der Waals surface area contributed by atoms with E-state index in [1.54, 1.807) is 0 Å². The number of nitro benzene ring substituents is 1. The summed E-state index contributed by atoms with van der Waals surface area (Å²) in [6.07, 6.45) is 0.223. The highest BCUT2D eigenvalue weighted by atomic mass is 16.6. The Labute approximate surface area is 131 Å². The molecule has 0 bridgehead atoms. The highest BCUT2D eigenvalue weighted by Crippen LogP contribution is 2.34. The minimum atomic E-state index is -0.530. The summed E-state index contributed by atoms with van der Waals surface area (Å²) in [6, 6.07) is 4.17. The van der Waals surface area contributed by atoms with Gasteiger partial charge in [0.1, 0.15) is 0 Å². The Morgan fingerprint density at radius 2 is 2.35 bits per heavy atom. The highest BCUT2D eigenvalue weighted by molar-refractivity contribution is 5.99. The second-order valence-corrected chi connectivity index (χ2v) is 5.10. The first-order valence-corrected chi connectivity index (χ1v) is 7.01. The van der Waals surface area contributed by atoms with Gasteiger partial charge in [0.15, 0.2) is 0 Å². The molecule has 23 heavy (non-hydrogen) atoms. The predicted molar refractivity (Wildman–Crippen MR) is 83.1 cm³/mol. The van der Waals surface area contributed by atoms with Crippen LogP contribution >= 0.6 is 0 Å². The fourth-order valence-electron chi connectivity index (χ4n) is 2.49. The number of rotatable bonds is 7. The molecule has 1 aliphatic heterocycles. The maximum absolute atomic E-state index is 12.2. The van der Waals surface area contributed by atoms with Gasteiger partial charge < -0.3 is 15.3 Å². The number of nitrogens with zero attached hydrogens (tertiary/aromatic N) is 5. The smallest absolute Gasteiger partial charge is 0.271 e. The van der Waals surface area contributed by atoms with E-state index in [9.17, 15) is 14.9 Å². The van der Waals surface area contributed by atoms with Crippen molar-refractivity contribution < 1.29 is 14.8 Å². The first kappa shape index (κ1) is 16.5. The van der Waals surface area contributed by atoms with E-state index in [0.717, 1.165) is 0 Å². The van der Waals surface area contributed by atoms with Crippen molar-refractivity contribution in [2.24, 2.45) is 11.0 Å². The SMILES string of the molecule is [N-]=[N+]=NCC1CC(=O)N(c2cc([N+](=O)[O-])ccc2NCCO)C1. The first-order valence-electron chi connectivity index (χ1n) is 7.01. The van der Waals surface area contributed by atoms with Crippen molar-refractivity contribution >= 4 is 23.0 Å². The van der Waals surface area contributed by atoms with Crippen LogP contribution in [0, 0.1) is 16.0 Å². The van der Waals surface area contributed by atoms with Gasteiger partial charge in [-0.1, -0.05) is 5.11 Å². The van der Waals surface area contributed by atoms with E-state index < -0.39 is 4.92 Å². The number of carbonyl (C=O) groups excluding carboxylic acids is 1. The van der Waals surface area contributed by atoms with Gasteiger partial charge in [0, 0.05) is 43.1 Å². The number of hydrogen-bond acceptors (Lipinski definition) is 6. The zero-order chi connectivity index (χ0) is 16.8. The molecule has 1 saturated heterocycles. The third kappa shape index (κ3) is 3.87. The van der Waals surface area contributed by atoms with E-state index in [-0.39, 0.29) is 43.6 Å². The van der Waals surface area contributed by atoms with Crippen molar-refractivity contribution in [3.05, 3.63) is 38.8 Å². The normalized spacial score (nSPS) is 17.0. The lowest BCUT2D eigenvalue weighted by atomic mass is 10.1. The van der Waals surface area contributed by atoms with E-state index >= 15 is 0 Å². The molecule has 0 aromatic heterocycles. The van der Waals surface area contributed by atoms with E-state index in [2.05, 4.69) is 15.3 Å². The Bertz CT molecular complexity index is 658. The lowest BCUT2D eigenvalue weighted by molar-refractivity contribution is -0.384. The molecule has 1 aliphatic rings. The summed E-state index contributed by atoms with van der Waals surface area (Å²) in [6.45, 7) is 0.679. The highest BCUT2D eigenvalue weighted by Gasteiger charge is 2.32. The zero-order valence-electron chi connectivity index (χ0n) is 12.3. The van der Waals surface area contributed by atoms with E-state index in [1.807, 2.05) is 0 Å². The molecule has 122 valence electrons. The third-order valence-electron chi connectivity index (χ3n) is 3.52.